The lowest BCUT2D eigenvalue weighted by atomic mass is 10.1. The van der Waals surface area contributed by atoms with Gasteiger partial charge in [0.05, 0.1) is 17.3 Å². The number of ether oxygens (including phenoxy) is 1. The Balaban J connectivity index is 1.53. The Hall–Kier alpha value is -3.93. The molecule has 6 nitrogen and oxygen atoms in total. The van der Waals surface area contributed by atoms with Crippen molar-refractivity contribution in [2.75, 3.05) is 7.05 Å². The van der Waals surface area contributed by atoms with Gasteiger partial charge in [-0.3, -0.25) is 4.79 Å². The van der Waals surface area contributed by atoms with E-state index in [0.29, 0.717) is 17.1 Å². The van der Waals surface area contributed by atoms with Gasteiger partial charge in [-0.15, -0.1) is 0 Å². The lowest BCUT2D eigenvalue weighted by molar-refractivity contribution is 0.0740. The van der Waals surface area contributed by atoms with Crippen LogP contribution in [0.5, 0.6) is 11.5 Å². The zero-order valence-corrected chi connectivity index (χ0v) is 16.8. The number of amides is 1. The van der Waals surface area contributed by atoms with E-state index >= 15 is 0 Å². The first-order valence-corrected chi connectivity index (χ1v) is 9.67. The maximum absolute atomic E-state index is 13.2. The van der Waals surface area contributed by atoms with Crippen molar-refractivity contribution in [2.45, 2.75) is 13.0 Å². The van der Waals surface area contributed by atoms with E-state index in [0.717, 1.165) is 11.3 Å². The predicted molar refractivity (Wildman–Crippen MR) is 115 cm³/mol. The Labute approximate surface area is 175 Å². The van der Waals surface area contributed by atoms with Crippen LogP contribution in [0.1, 0.15) is 28.9 Å². The molecule has 0 fully saturated rings. The summed E-state index contributed by atoms with van der Waals surface area (Å²) in [7, 11) is 1.80. The molecule has 3 aromatic carbocycles. The molecule has 0 saturated heterocycles. The van der Waals surface area contributed by atoms with Crippen molar-refractivity contribution in [2.24, 2.45) is 0 Å². The Morgan fingerprint density at radius 3 is 2.37 bits per heavy atom. The molecule has 1 atom stereocenters. The number of carbonyl (C=O) groups excluding carboxylic acids is 1. The molecule has 30 heavy (non-hydrogen) atoms. The van der Waals surface area contributed by atoms with E-state index < -0.39 is 0 Å². The number of rotatable bonds is 6. The van der Waals surface area contributed by atoms with Gasteiger partial charge in [0.1, 0.15) is 24.2 Å². The molecule has 0 aliphatic carbocycles. The Bertz CT molecular complexity index is 1110. The molecule has 0 saturated carbocycles. The van der Waals surface area contributed by atoms with E-state index in [-0.39, 0.29) is 11.9 Å². The van der Waals surface area contributed by atoms with Gasteiger partial charge in [0.25, 0.3) is 5.91 Å². The highest BCUT2D eigenvalue weighted by atomic mass is 16.5. The summed E-state index contributed by atoms with van der Waals surface area (Å²) in [6.45, 7) is 2.00. The van der Waals surface area contributed by atoms with Gasteiger partial charge < -0.3 is 9.64 Å². The fourth-order valence-electron chi connectivity index (χ4n) is 3.18. The van der Waals surface area contributed by atoms with Gasteiger partial charge in [-0.1, -0.05) is 42.5 Å². The standard InChI is InChI=1S/C24H22N4O2/c1-18(19-12-14-20(15-13-19)28-17-25-16-26-28)27(2)24(29)22-10-6-7-11-23(22)30-21-8-4-3-5-9-21/h3-18H,1-2H3. The van der Waals surface area contributed by atoms with Crippen LogP contribution in [0.4, 0.5) is 0 Å². The largest absolute Gasteiger partial charge is 0.457 e. The lowest BCUT2D eigenvalue weighted by Crippen LogP contribution is -2.30. The molecule has 4 rings (SSSR count). The highest BCUT2D eigenvalue weighted by Crippen LogP contribution is 2.28. The minimum absolute atomic E-state index is 0.102. The van der Waals surface area contributed by atoms with Crippen molar-refractivity contribution >= 4 is 5.91 Å². The number of aromatic nitrogens is 3. The molecular weight excluding hydrogens is 376 g/mol. The summed E-state index contributed by atoms with van der Waals surface area (Å²) in [5, 5.41) is 4.14. The number of nitrogens with zero attached hydrogens (tertiary/aromatic N) is 4. The van der Waals surface area contributed by atoms with E-state index in [9.17, 15) is 4.79 Å². The van der Waals surface area contributed by atoms with Gasteiger partial charge in [0.15, 0.2) is 0 Å². The Morgan fingerprint density at radius 1 is 0.967 bits per heavy atom. The molecule has 0 aliphatic rings. The normalized spacial score (nSPS) is 11.7. The van der Waals surface area contributed by atoms with Gasteiger partial charge >= 0.3 is 0 Å². The number of benzene rings is 3. The van der Waals surface area contributed by atoms with Crippen molar-refractivity contribution in [3.63, 3.8) is 0 Å². The monoisotopic (exact) mass is 398 g/mol. The van der Waals surface area contributed by atoms with E-state index in [1.165, 1.54) is 6.33 Å². The molecular formula is C24H22N4O2. The summed E-state index contributed by atoms with van der Waals surface area (Å²) in [5.74, 6) is 1.13. The topological polar surface area (TPSA) is 60.2 Å². The summed E-state index contributed by atoms with van der Waals surface area (Å²) in [6, 6.07) is 24.6. The van der Waals surface area contributed by atoms with Crippen LogP contribution < -0.4 is 4.74 Å². The predicted octanol–water partition coefficient (Wildman–Crippen LogP) is 4.89. The third-order valence-electron chi connectivity index (χ3n) is 5.05. The Morgan fingerprint density at radius 2 is 1.67 bits per heavy atom. The van der Waals surface area contributed by atoms with Crippen LogP contribution in [-0.2, 0) is 0 Å². The molecule has 1 heterocycles. The fourth-order valence-corrected chi connectivity index (χ4v) is 3.18. The summed E-state index contributed by atoms with van der Waals surface area (Å²) < 4.78 is 7.66. The second-order valence-corrected chi connectivity index (χ2v) is 6.93. The molecule has 0 N–H and O–H groups in total. The third-order valence-corrected chi connectivity index (χ3v) is 5.05. The first-order valence-electron chi connectivity index (χ1n) is 9.67. The molecule has 1 amide bonds. The molecule has 4 aromatic rings. The second kappa shape index (κ2) is 8.61. The number of hydrogen-bond acceptors (Lipinski definition) is 4. The molecule has 1 aromatic heterocycles. The molecule has 1 unspecified atom stereocenters. The van der Waals surface area contributed by atoms with Gasteiger partial charge in [-0.05, 0) is 48.9 Å². The molecule has 6 heteroatoms. The lowest BCUT2D eigenvalue weighted by Gasteiger charge is -2.26. The van der Waals surface area contributed by atoms with E-state index in [1.807, 2.05) is 79.7 Å². The van der Waals surface area contributed by atoms with Gasteiger partial charge in [-0.2, -0.15) is 5.10 Å². The SMILES string of the molecule is CC(c1ccc(-n2cncn2)cc1)N(C)C(=O)c1ccccc1Oc1ccccc1. The number of hydrogen-bond donors (Lipinski definition) is 0. The smallest absolute Gasteiger partial charge is 0.257 e. The minimum atomic E-state index is -0.118. The van der Waals surface area contributed by atoms with Crippen LogP contribution in [0.2, 0.25) is 0 Å². The summed E-state index contributed by atoms with van der Waals surface area (Å²) in [4.78, 5) is 18.9. The van der Waals surface area contributed by atoms with Crippen LogP contribution in [-0.4, -0.2) is 32.6 Å². The van der Waals surface area contributed by atoms with Crippen molar-refractivity contribution < 1.29 is 9.53 Å². The zero-order chi connectivity index (χ0) is 20.9. The zero-order valence-electron chi connectivity index (χ0n) is 16.8. The van der Waals surface area contributed by atoms with E-state index in [1.54, 1.807) is 29.0 Å². The van der Waals surface area contributed by atoms with Crippen LogP contribution in [0.15, 0.2) is 91.5 Å². The maximum atomic E-state index is 13.2. The minimum Gasteiger partial charge on any atom is -0.457 e. The average Bonchev–Trinajstić information content (AvgIpc) is 3.34. The van der Waals surface area contributed by atoms with E-state index in [4.69, 9.17) is 4.74 Å². The quantitative estimate of drug-likeness (QED) is 0.464. The Kier molecular flexibility index (Phi) is 5.57. The van der Waals surface area contributed by atoms with Gasteiger partial charge in [-0.25, -0.2) is 9.67 Å². The summed E-state index contributed by atoms with van der Waals surface area (Å²) in [6.07, 6.45) is 3.15. The summed E-state index contributed by atoms with van der Waals surface area (Å²) >= 11 is 0. The third kappa shape index (κ3) is 4.07. The van der Waals surface area contributed by atoms with E-state index in [2.05, 4.69) is 10.1 Å². The number of para-hydroxylation sites is 2. The molecule has 0 aliphatic heterocycles. The highest BCUT2D eigenvalue weighted by Gasteiger charge is 2.22. The molecule has 150 valence electrons. The van der Waals surface area contributed by atoms with Crippen molar-refractivity contribution in [3.8, 4) is 17.2 Å². The number of carbonyl (C=O) groups is 1. The van der Waals surface area contributed by atoms with Crippen LogP contribution in [0.3, 0.4) is 0 Å². The van der Waals surface area contributed by atoms with Gasteiger partial charge in [0, 0.05) is 7.05 Å². The van der Waals surface area contributed by atoms with Crippen molar-refractivity contribution in [1.29, 1.82) is 0 Å². The fraction of sp³-hybridized carbons (Fsp3) is 0.125. The second-order valence-electron chi connectivity index (χ2n) is 6.93. The first-order chi connectivity index (χ1) is 14.6. The van der Waals surface area contributed by atoms with Crippen LogP contribution in [0.25, 0.3) is 5.69 Å². The molecule has 0 radical (unpaired) electrons. The highest BCUT2D eigenvalue weighted by molar-refractivity contribution is 5.97. The molecule has 0 spiro atoms. The van der Waals surface area contributed by atoms with Crippen molar-refractivity contribution in [1.82, 2.24) is 19.7 Å². The first kappa shape index (κ1) is 19.4. The van der Waals surface area contributed by atoms with Crippen LogP contribution in [0, 0.1) is 0 Å². The average molecular weight is 398 g/mol. The molecule has 0 bridgehead atoms. The van der Waals surface area contributed by atoms with Gasteiger partial charge in [0.2, 0.25) is 0 Å². The summed E-state index contributed by atoms with van der Waals surface area (Å²) in [5.41, 5.74) is 2.46. The maximum Gasteiger partial charge on any atom is 0.257 e. The van der Waals surface area contributed by atoms with Crippen LogP contribution >= 0.6 is 0 Å². The van der Waals surface area contributed by atoms with Crippen molar-refractivity contribution in [3.05, 3.63) is 103 Å².